The van der Waals surface area contributed by atoms with E-state index in [1.165, 1.54) is 22.7 Å². The van der Waals surface area contributed by atoms with Crippen LogP contribution in [-0.2, 0) is 6.42 Å². The molecule has 2 heterocycles. The van der Waals surface area contributed by atoms with E-state index in [1.807, 2.05) is 6.26 Å². The van der Waals surface area contributed by atoms with Crippen molar-refractivity contribution in [2.45, 2.75) is 31.1 Å². The first kappa shape index (κ1) is 18.7. The minimum atomic E-state index is -0.850. The van der Waals surface area contributed by atoms with Gasteiger partial charge in [0.05, 0.1) is 0 Å². The van der Waals surface area contributed by atoms with Crippen molar-refractivity contribution < 1.29 is 18.8 Å². The largest absolute Gasteiger partial charge is 0.465 e. The smallest absolute Gasteiger partial charge is 0.407 e. The molecule has 1 aromatic heterocycles. The molecule has 0 bridgehead atoms. The molecular formula is C18H22FN3O3S. The van der Waals surface area contributed by atoms with Crippen LogP contribution in [0.15, 0.2) is 27.6 Å². The molecule has 1 amide bonds. The van der Waals surface area contributed by atoms with E-state index in [0.29, 0.717) is 53.5 Å². The molecule has 1 aliphatic rings. The SMILES string of the molecule is CSc1ccc(-c2noc(CC(C)C3CCN(C(=O)O)CC3)n2)cc1F. The van der Waals surface area contributed by atoms with E-state index in [1.54, 1.807) is 12.1 Å². The normalized spacial score (nSPS) is 16.7. The van der Waals surface area contributed by atoms with Crippen LogP contribution in [0, 0.1) is 17.7 Å². The van der Waals surface area contributed by atoms with Crippen molar-refractivity contribution in [1.82, 2.24) is 15.0 Å². The first-order valence-corrected chi connectivity index (χ1v) is 9.84. The third-order valence-corrected chi connectivity index (χ3v) is 5.76. The second-order valence-electron chi connectivity index (χ2n) is 6.65. The average molecular weight is 379 g/mol. The number of halogens is 1. The Kier molecular flexibility index (Phi) is 5.80. The summed E-state index contributed by atoms with van der Waals surface area (Å²) < 4.78 is 19.3. The fourth-order valence-corrected chi connectivity index (χ4v) is 3.82. The zero-order valence-corrected chi connectivity index (χ0v) is 15.6. The minimum Gasteiger partial charge on any atom is -0.465 e. The first-order valence-electron chi connectivity index (χ1n) is 8.62. The number of thioether (sulfide) groups is 1. The van der Waals surface area contributed by atoms with Crippen LogP contribution in [0.5, 0.6) is 0 Å². The van der Waals surface area contributed by atoms with E-state index in [2.05, 4.69) is 17.1 Å². The zero-order valence-electron chi connectivity index (χ0n) is 14.8. The van der Waals surface area contributed by atoms with Crippen molar-refractivity contribution in [3.8, 4) is 11.4 Å². The second kappa shape index (κ2) is 8.07. The summed E-state index contributed by atoms with van der Waals surface area (Å²) in [6.45, 7) is 3.26. The van der Waals surface area contributed by atoms with Gasteiger partial charge in [-0.15, -0.1) is 11.8 Å². The van der Waals surface area contributed by atoms with Crippen molar-refractivity contribution in [3.05, 3.63) is 29.9 Å². The van der Waals surface area contributed by atoms with Crippen LogP contribution < -0.4 is 0 Å². The molecule has 2 aromatic rings. The maximum absolute atomic E-state index is 13.9. The summed E-state index contributed by atoms with van der Waals surface area (Å²) >= 11 is 1.35. The van der Waals surface area contributed by atoms with Gasteiger partial charge in [-0.3, -0.25) is 0 Å². The lowest BCUT2D eigenvalue weighted by Crippen LogP contribution is -2.39. The Hall–Kier alpha value is -2.09. The number of piperidine rings is 1. The van der Waals surface area contributed by atoms with E-state index in [9.17, 15) is 9.18 Å². The lowest BCUT2D eigenvalue weighted by Gasteiger charge is -2.32. The van der Waals surface area contributed by atoms with E-state index in [4.69, 9.17) is 9.63 Å². The Morgan fingerprint density at radius 3 is 2.81 bits per heavy atom. The third kappa shape index (κ3) is 4.17. The van der Waals surface area contributed by atoms with Crippen molar-refractivity contribution in [2.75, 3.05) is 19.3 Å². The molecule has 0 spiro atoms. The summed E-state index contributed by atoms with van der Waals surface area (Å²) in [5.74, 6) is 1.37. The van der Waals surface area contributed by atoms with E-state index < -0.39 is 6.09 Å². The van der Waals surface area contributed by atoms with Gasteiger partial charge < -0.3 is 14.5 Å². The van der Waals surface area contributed by atoms with Gasteiger partial charge in [-0.2, -0.15) is 4.98 Å². The number of hydrogen-bond acceptors (Lipinski definition) is 5. The van der Waals surface area contributed by atoms with Crippen LogP contribution in [0.3, 0.4) is 0 Å². The van der Waals surface area contributed by atoms with Gasteiger partial charge in [-0.05, 0) is 49.1 Å². The number of carbonyl (C=O) groups is 1. The number of benzene rings is 1. The van der Waals surface area contributed by atoms with E-state index in [-0.39, 0.29) is 5.82 Å². The second-order valence-corrected chi connectivity index (χ2v) is 7.50. The summed E-state index contributed by atoms with van der Waals surface area (Å²) in [7, 11) is 0. The maximum Gasteiger partial charge on any atom is 0.407 e. The topological polar surface area (TPSA) is 79.5 Å². The molecule has 8 heteroatoms. The molecule has 0 aliphatic carbocycles. The van der Waals surface area contributed by atoms with Gasteiger partial charge in [0.1, 0.15) is 5.82 Å². The monoisotopic (exact) mass is 379 g/mol. The van der Waals surface area contributed by atoms with Gasteiger partial charge in [0, 0.05) is 30.0 Å². The highest BCUT2D eigenvalue weighted by Crippen LogP contribution is 2.28. The Morgan fingerprint density at radius 2 is 2.19 bits per heavy atom. The average Bonchev–Trinajstić information content (AvgIpc) is 3.10. The number of rotatable bonds is 5. The van der Waals surface area contributed by atoms with Crippen molar-refractivity contribution in [1.29, 1.82) is 0 Å². The van der Waals surface area contributed by atoms with Crippen molar-refractivity contribution in [3.63, 3.8) is 0 Å². The summed E-state index contributed by atoms with van der Waals surface area (Å²) in [6, 6.07) is 4.92. The molecule has 1 unspecified atom stereocenters. The predicted molar refractivity (Wildman–Crippen MR) is 96.7 cm³/mol. The highest BCUT2D eigenvalue weighted by atomic mass is 32.2. The molecule has 1 aliphatic heterocycles. The summed E-state index contributed by atoms with van der Waals surface area (Å²) in [4.78, 5) is 17.4. The number of amides is 1. The quantitative estimate of drug-likeness (QED) is 0.786. The highest BCUT2D eigenvalue weighted by molar-refractivity contribution is 7.98. The number of likely N-dealkylation sites (tertiary alicyclic amines) is 1. The molecule has 0 radical (unpaired) electrons. The number of hydrogen-bond donors (Lipinski definition) is 1. The van der Waals surface area contributed by atoms with Crippen molar-refractivity contribution in [2.24, 2.45) is 11.8 Å². The van der Waals surface area contributed by atoms with E-state index >= 15 is 0 Å². The molecule has 1 aromatic carbocycles. The van der Waals surface area contributed by atoms with Gasteiger partial charge in [-0.1, -0.05) is 12.1 Å². The van der Waals surface area contributed by atoms with Gasteiger partial charge in [0.25, 0.3) is 0 Å². The molecule has 3 rings (SSSR count). The third-order valence-electron chi connectivity index (χ3n) is 4.99. The molecule has 1 atom stereocenters. The lowest BCUT2D eigenvalue weighted by atomic mass is 9.83. The van der Waals surface area contributed by atoms with Crippen molar-refractivity contribution >= 4 is 17.9 Å². The molecule has 6 nitrogen and oxygen atoms in total. The summed E-state index contributed by atoms with van der Waals surface area (Å²) in [5.41, 5.74) is 0.595. The molecule has 1 N–H and O–H groups in total. The highest BCUT2D eigenvalue weighted by Gasteiger charge is 2.27. The summed E-state index contributed by atoms with van der Waals surface area (Å²) in [6.07, 6.45) is 3.30. The standard InChI is InChI=1S/C18H22FN3O3S/c1-11(12-5-7-22(8-6-12)18(23)24)9-16-20-17(21-25-16)13-3-4-15(26-2)14(19)10-13/h3-4,10-12H,5-9H2,1-2H3,(H,23,24). The molecule has 26 heavy (non-hydrogen) atoms. The molecule has 140 valence electrons. The zero-order chi connectivity index (χ0) is 18.7. The van der Waals surface area contributed by atoms with Crippen LogP contribution in [-0.4, -0.2) is 45.6 Å². The predicted octanol–water partition coefficient (Wildman–Crippen LogP) is 4.17. The van der Waals surface area contributed by atoms with E-state index in [0.717, 1.165) is 12.8 Å². The van der Waals surface area contributed by atoms with Crippen LogP contribution >= 0.6 is 11.8 Å². The van der Waals surface area contributed by atoms with Crippen LogP contribution in [0.2, 0.25) is 0 Å². The molecule has 1 fully saturated rings. The Bertz CT molecular complexity index is 775. The lowest BCUT2D eigenvalue weighted by molar-refractivity contribution is 0.113. The fourth-order valence-electron chi connectivity index (χ4n) is 3.36. The Morgan fingerprint density at radius 1 is 1.46 bits per heavy atom. The van der Waals surface area contributed by atoms with Gasteiger partial charge >= 0.3 is 6.09 Å². The number of aromatic nitrogens is 2. The Balaban J connectivity index is 1.61. The molecule has 0 saturated carbocycles. The van der Waals surface area contributed by atoms with Crippen LogP contribution in [0.1, 0.15) is 25.7 Å². The van der Waals surface area contributed by atoms with Gasteiger partial charge in [0.15, 0.2) is 0 Å². The fraction of sp³-hybridized carbons (Fsp3) is 0.500. The number of carboxylic acid groups (broad SMARTS) is 1. The van der Waals surface area contributed by atoms with Gasteiger partial charge in [-0.25, -0.2) is 9.18 Å². The van der Waals surface area contributed by atoms with Crippen LogP contribution in [0.25, 0.3) is 11.4 Å². The number of nitrogens with zero attached hydrogens (tertiary/aromatic N) is 3. The maximum atomic E-state index is 13.9. The van der Waals surface area contributed by atoms with Crippen LogP contribution in [0.4, 0.5) is 9.18 Å². The minimum absolute atomic E-state index is 0.292. The molecular weight excluding hydrogens is 357 g/mol. The van der Waals surface area contributed by atoms with Gasteiger partial charge in [0.2, 0.25) is 11.7 Å². The first-order chi connectivity index (χ1) is 12.5. The summed E-state index contributed by atoms with van der Waals surface area (Å²) in [5, 5.41) is 13.0. The Labute approximate surface area is 155 Å². The molecule has 1 saturated heterocycles.